The first-order valence-electron chi connectivity index (χ1n) is 9.22. The lowest BCUT2D eigenvalue weighted by atomic mass is 9.84. The minimum Gasteiger partial charge on any atom is -0.468 e. The molecule has 0 N–H and O–H groups in total. The van der Waals surface area contributed by atoms with Crippen molar-refractivity contribution in [2.75, 3.05) is 26.7 Å². The zero-order valence-corrected chi connectivity index (χ0v) is 16.0. The van der Waals surface area contributed by atoms with Gasteiger partial charge in [-0.15, -0.1) is 0 Å². The predicted molar refractivity (Wildman–Crippen MR) is 99.8 cm³/mol. The van der Waals surface area contributed by atoms with Crippen LogP contribution < -0.4 is 0 Å². The fourth-order valence-electron chi connectivity index (χ4n) is 3.34. The lowest BCUT2D eigenvalue weighted by molar-refractivity contribution is -0.146. The highest BCUT2D eigenvalue weighted by Gasteiger charge is 2.30. The van der Waals surface area contributed by atoms with Crippen LogP contribution in [0.15, 0.2) is 24.3 Å². The molecule has 0 aliphatic carbocycles. The van der Waals surface area contributed by atoms with Gasteiger partial charge in [-0.25, -0.2) is 0 Å². The molecule has 140 valence electrons. The molecule has 0 atom stereocenters. The molecule has 1 aromatic rings. The van der Waals surface area contributed by atoms with E-state index in [1.54, 1.807) is 12.1 Å². The Labute approximate surface area is 155 Å². The van der Waals surface area contributed by atoms with E-state index < -0.39 is 5.41 Å². The van der Waals surface area contributed by atoms with Crippen LogP contribution in [-0.2, 0) is 14.9 Å². The van der Waals surface area contributed by atoms with Crippen molar-refractivity contribution in [2.24, 2.45) is 5.92 Å². The second kappa shape index (κ2) is 8.95. The molecule has 26 heavy (non-hydrogen) atoms. The molecule has 0 aromatic heterocycles. The molecule has 0 unspecified atom stereocenters. The first kappa shape index (κ1) is 20.1. The standard InChI is InChI=1S/C21H28N2O3/c1-21(2,20(25)26-3)18-8-6-17(7-9-18)19(24)5-4-12-23-13-10-16(15-22)11-14-23/h6-9,16H,4-5,10-14H2,1-3H3. The van der Waals surface area contributed by atoms with E-state index >= 15 is 0 Å². The minimum atomic E-state index is -0.730. The molecule has 5 nitrogen and oxygen atoms in total. The molecule has 1 aromatic carbocycles. The summed E-state index contributed by atoms with van der Waals surface area (Å²) in [6, 6.07) is 9.58. The van der Waals surface area contributed by atoms with Crippen LogP contribution in [0, 0.1) is 17.2 Å². The van der Waals surface area contributed by atoms with E-state index in [1.165, 1.54) is 7.11 Å². The molecular weight excluding hydrogens is 328 g/mol. The molecule has 1 aliphatic heterocycles. The van der Waals surface area contributed by atoms with Gasteiger partial charge >= 0.3 is 5.97 Å². The van der Waals surface area contributed by atoms with Crippen molar-refractivity contribution in [3.63, 3.8) is 0 Å². The number of hydrogen-bond donors (Lipinski definition) is 0. The number of benzene rings is 1. The highest BCUT2D eigenvalue weighted by Crippen LogP contribution is 2.25. The van der Waals surface area contributed by atoms with Crippen LogP contribution in [0.4, 0.5) is 0 Å². The molecule has 1 fully saturated rings. The smallest absolute Gasteiger partial charge is 0.315 e. The molecule has 0 amide bonds. The Hall–Kier alpha value is -2.19. The van der Waals surface area contributed by atoms with Crippen LogP contribution in [0.1, 0.15) is 55.5 Å². The Morgan fingerprint density at radius 3 is 2.38 bits per heavy atom. The summed E-state index contributed by atoms with van der Waals surface area (Å²) in [5.41, 5.74) is 0.783. The predicted octanol–water partition coefficient (Wildman–Crippen LogP) is 3.34. The second-order valence-electron chi connectivity index (χ2n) is 7.47. The maximum Gasteiger partial charge on any atom is 0.315 e. The Kier molecular flexibility index (Phi) is 6.93. The van der Waals surface area contributed by atoms with Crippen molar-refractivity contribution >= 4 is 11.8 Å². The van der Waals surface area contributed by atoms with Gasteiger partial charge in [-0.2, -0.15) is 5.26 Å². The largest absolute Gasteiger partial charge is 0.468 e. The number of ether oxygens (including phenoxy) is 1. The number of rotatable bonds is 7. The average molecular weight is 356 g/mol. The molecule has 0 spiro atoms. The van der Waals surface area contributed by atoms with Gasteiger partial charge in [0, 0.05) is 17.9 Å². The van der Waals surface area contributed by atoms with E-state index in [0.717, 1.165) is 44.5 Å². The molecule has 5 heteroatoms. The van der Waals surface area contributed by atoms with Crippen LogP contribution in [0.2, 0.25) is 0 Å². The zero-order chi connectivity index (χ0) is 19.2. The van der Waals surface area contributed by atoms with Gasteiger partial charge in [-0.05, 0) is 58.3 Å². The topological polar surface area (TPSA) is 70.4 Å². The van der Waals surface area contributed by atoms with Gasteiger partial charge in [0.25, 0.3) is 0 Å². The first-order chi connectivity index (χ1) is 12.4. The fraction of sp³-hybridized carbons (Fsp3) is 0.571. The van der Waals surface area contributed by atoms with E-state index in [2.05, 4.69) is 11.0 Å². The summed E-state index contributed by atoms with van der Waals surface area (Å²) in [7, 11) is 1.38. The quantitative estimate of drug-likeness (QED) is 0.553. The summed E-state index contributed by atoms with van der Waals surface area (Å²) in [5.74, 6) is 0.0247. The minimum absolute atomic E-state index is 0.124. The monoisotopic (exact) mass is 356 g/mol. The van der Waals surface area contributed by atoms with E-state index in [9.17, 15) is 9.59 Å². The lowest BCUT2D eigenvalue weighted by Crippen LogP contribution is -2.34. The number of nitriles is 1. The third-order valence-corrected chi connectivity index (χ3v) is 5.27. The summed E-state index contributed by atoms with van der Waals surface area (Å²) < 4.78 is 4.84. The third kappa shape index (κ3) is 4.92. The summed E-state index contributed by atoms with van der Waals surface area (Å²) in [4.78, 5) is 26.6. The SMILES string of the molecule is COC(=O)C(C)(C)c1ccc(C(=O)CCCN2CCC(C#N)CC2)cc1. The zero-order valence-electron chi connectivity index (χ0n) is 16.0. The van der Waals surface area contributed by atoms with Crippen molar-refractivity contribution in [2.45, 2.75) is 44.9 Å². The van der Waals surface area contributed by atoms with Crippen molar-refractivity contribution in [3.05, 3.63) is 35.4 Å². The van der Waals surface area contributed by atoms with Gasteiger partial charge in [-0.3, -0.25) is 9.59 Å². The number of carbonyl (C=O) groups is 2. The molecule has 1 saturated heterocycles. The van der Waals surface area contributed by atoms with Crippen molar-refractivity contribution in [1.29, 1.82) is 5.26 Å². The summed E-state index contributed by atoms with van der Waals surface area (Å²) in [6.45, 7) is 6.42. The Morgan fingerprint density at radius 1 is 1.23 bits per heavy atom. The summed E-state index contributed by atoms with van der Waals surface area (Å²) in [6.07, 6.45) is 3.20. The Bertz CT molecular complexity index is 665. The van der Waals surface area contributed by atoms with Crippen molar-refractivity contribution in [1.82, 2.24) is 4.90 Å². The number of esters is 1. The maximum absolute atomic E-state index is 12.4. The number of nitrogens with zero attached hydrogens (tertiary/aromatic N) is 2. The number of carbonyl (C=O) groups excluding carboxylic acids is 2. The number of Topliss-reactive ketones (excluding diaryl/α,β-unsaturated/α-hetero) is 1. The van der Waals surface area contributed by atoms with Crippen LogP contribution in [0.5, 0.6) is 0 Å². The number of methoxy groups -OCH3 is 1. The van der Waals surface area contributed by atoms with Gasteiger partial charge in [-0.1, -0.05) is 24.3 Å². The van der Waals surface area contributed by atoms with Crippen molar-refractivity contribution < 1.29 is 14.3 Å². The van der Waals surface area contributed by atoms with Crippen LogP contribution in [-0.4, -0.2) is 43.4 Å². The second-order valence-corrected chi connectivity index (χ2v) is 7.47. The first-order valence-corrected chi connectivity index (χ1v) is 9.22. The van der Waals surface area contributed by atoms with Crippen LogP contribution in [0.25, 0.3) is 0 Å². The van der Waals surface area contributed by atoms with Crippen LogP contribution >= 0.6 is 0 Å². The van der Waals surface area contributed by atoms with E-state index in [4.69, 9.17) is 10.00 Å². The molecule has 0 radical (unpaired) electrons. The fourth-order valence-corrected chi connectivity index (χ4v) is 3.34. The molecule has 0 bridgehead atoms. The van der Waals surface area contributed by atoms with E-state index in [0.29, 0.717) is 12.0 Å². The number of hydrogen-bond acceptors (Lipinski definition) is 5. The Balaban J connectivity index is 1.83. The number of ketones is 1. The van der Waals surface area contributed by atoms with E-state index in [1.807, 2.05) is 26.0 Å². The van der Waals surface area contributed by atoms with Gasteiger partial charge in [0.15, 0.2) is 5.78 Å². The van der Waals surface area contributed by atoms with Gasteiger partial charge in [0.2, 0.25) is 0 Å². The Morgan fingerprint density at radius 2 is 1.85 bits per heavy atom. The molecule has 1 aliphatic rings. The summed E-state index contributed by atoms with van der Waals surface area (Å²) in [5, 5.41) is 8.93. The van der Waals surface area contributed by atoms with Crippen LogP contribution in [0.3, 0.4) is 0 Å². The average Bonchev–Trinajstić information content (AvgIpc) is 2.67. The normalized spacial score (nSPS) is 16.1. The highest BCUT2D eigenvalue weighted by molar-refractivity contribution is 5.96. The van der Waals surface area contributed by atoms with Crippen molar-refractivity contribution in [3.8, 4) is 6.07 Å². The highest BCUT2D eigenvalue weighted by atomic mass is 16.5. The molecular formula is C21H28N2O3. The molecule has 0 saturated carbocycles. The van der Waals surface area contributed by atoms with Gasteiger partial charge < -0.3 is 9.64 Å². The lowest BCUT2D eigenvalue weighted by Gasteiger charge is -2.28. The third-order valence-electron chi connectivity index (χ3n) is 5.27. The van der Waals surface area contributed by atoms with E-state index in [-0.39, 0.29) is 17.7 Å². The number of likely N-dealkylation sites (tertiary alicyclic amines) is 1. The molecule has 1 heterocycles. The van der Waals surface area contributed by atoms with Gasteiger partial charge in [0.05, 0.1) is 18.6 Å². The maximum atomic E-state index is 12.4. The van der Waals surface area contributed by atoms with Gasteiger partial charge in [0.1, 0.15) is 0 Å². The number of piperidine rings is 1. The molecule has 2 rings (SSSR count). The summed E-state index contributed by atoms with van der Waals surface area (Å²) >= 11 is 0.